The third kappa shape index (κ3) is 4.19. The van der Waals surface area contributed by atoms with Gasteiger partial charge in [0.05, 0.1) is 11.6 Å². The fraction of sp³-hybridized carbons (Fsp3) is 0.444. The van der Waals surface area contributed by atoms with Crippen LogP contribution in [0.15, 0.2) is 12.5 Å². The summed E-state index contributed by atoms with van der Waals surface area (Å²) in [6, 6.07) is -0.811. The van der Waals surface area contributed by atoms with E-state index in [1.807, 2.05) is 0 Å². The number of carbonyl (C=O) groups excluding carboxylic acids is 2. The van der Waals surface area contributed by atoms with E-state index >= 15 is 0 Å². The summed E-state index contributed by atoms with van der Waals surface area (Å²) in [6.07, 6.45) is 4.92. The molecule has 1 fully saturated rings. The molecule has 1 aliphatic rings. The number of esters is 2. The summed E-state index contributed by atoms with van der Waals surface area (Å²) in [7, 11) is 0. The minimum atomic E-state index is -0.634. The number of nitrogen functional groups attached to an aromatic ring is 1. The smallest absolute Gasteiger partial charge is 0.315 e. The summed E-state index contributed by atoms with van der Waals surface area (Å²) in [5.41, 5.74) is 7.34. The van der Waals surface area contributed by atoms with Crippen LogP contribution in [-0.2, 0) is 19.1 Å². The Bertz CT molecular complexity index is 857. The van der Waals surface area contributed by atoms with E-state index in [2.05, 4.69) is 20.3 Å². The highest BCUT2D eigenvalue weighted by atomic mass is 16.6. The summed E-state index contributed by atoms with van der Waals surface area (Å²) in [4.78, 5) is 35.1. The van der Waals surface area contributed by atoms with Gasteiger partial charge in [0.15, 0.2) is 5.82 Å². The van der Waals surface area contributed by atoms with Crippen molar-refractivity contribution in [3.63, 3.8) is 0 Å². The Balaban J connectivity index is 1.86. The zero-order valence-electron chi connectivity index (χ0n) is 15.7. The average Bonchev–Trinajstić information content (AvgIpc) is 3.15. The number of nitrogens with one attached hydrogen (secondary N) is 2. The first kappa shape index (κ1) is 19.1. The van der Waals surface area contributed by atoms with Crippen molar-refractivity contribution in [2.75, 3.05) is 12.3 Å². The van der Waals surface area contributed by atoms with Crippen LogP contribution in [0.3, 0.4) is 0 Å². The van der Waals surface area contributed by atoms with Crippen LogP contribution < -0.4 is 11.1 Å². The molecule has 2 aromatic rings. The molecule has 1 aliphatic heterocycles. The molecule has 0 spiro atoms. The van der Waals surface area contributed by atoms with Crippen molar-refractivity contribution < 1.29 is 19.1 Å². The quantitative estimate of drug-likeness (QED) is 0.682. The summed E-state index contributed by atoms with van der Waals surface area (Å²) >= 11 is 0. The molecular weight excluding hydrogens is 350 g/mol. The lowest BCUT2D eigenvalue weighted by Gasteiger charge is -2.24. The molecule has 144 valence electrons. The van der Waals surface area contributed by atoms with Gasteiger partial charge in [-0.3, -0.25) is 9.59 Å². The van der Waals surface area contributed by atoms with Gasteiger partial charge < -0.3 is 25.5 Å². The number of nitrogens with zero attached hydrogens (tertiary/aromatic N) is 2. The molecule has 0 saturated carbocycles. The number of aromatic nitrogens is 3. The summed E-state index contributed by atoms with van der Waals surface area (Å²) in [5, 5.41) is 3.29. The highest BCUT2D eigenvalue weighted by molar-refractivity contribution is 5.91. The van der Waals surface area contributed by atoms with E-state index in [1.54, 1.807) is 33.4 Å². The minimum Gasteiger partial charge on any atom is -0.464 e. The van der Waals surface area contributed by atoms with E-state index in [-0.39, 0.29) is 12.6 Å². The van der Waals surface area contributed by atoms with Gasteiger partial charge in [-0.1, -0.05) is 0 Å². The highest BCUT2D eigenvalue weighted by Gasteiger charge is 2.43. The molecule has 9 nitrogen and oxygen atoms in total. The Kier molecular flexibility index (Phi) is 5.05. The predicted molar refractivity (Wildman–Crippen MR) is 98.0 cm³/mol. The maximum atomic E-state index is 12.6. The van der Waals surface area contributed by atoms with E-state index in [0.29, 0.717) is 22.8 Å². The molecule has 2 aromatic heterocycles. The van der Waals surface area contributed by atoms with Crippen LogP contribution in [0.2, 0.25) is 0 Å². The van der Waals surface area contributed by atoms with Gasteiger partial charge in [0.2, 0.25) is 0 Å². The van der Waals surface area contributed by atoms with Crippen molar-refractivity contribution in [3.05, 3.63) is 30.4 Å². The monoisotopic (exact) mass is 373 g/mol. The lowest BCUT2D eigenvalue weighted by Crippen LogP contribution is -2.38. The number of anilines is 1. The summed E-state index contributed by atoms with van der Waals surface area (Å²) in [5.74, 6) is -0.121. The Morgan fingerprint density at radius 2 is 2.04 bits per heavy atom. The van der Waals surface area contributed by atoms with Crippen LogP contribution in [0.4, 0.5) is 5.82 Å². The van der Waals surface area contributed by atoms with Crippen LogP contribution in [0.25, 0.3) is 11.0 Å². The van der Waals surface area contributed by atoms with E-state index in [0.717, 1.165) is 5.56 Å². The van der Waals surface area contributed by atoms with Gasteiger partial charge in [-0.25, -0.2) is 9.97 Å². The Morgan fingerprint density at radius 3 is 2.70 bits per heavy atom. The second kappa shape index (κ2) is 7.15. The molecule has 0 aliphatic carbocycles. The molecule has 3 heterocycles. The lowest BCUT2D eigenvalue weighted by atomic mass is 9.97. The fourth-order valence-electron chi connectivity index (χ4n) is 2.93. The molecule has 2 radical (unpaired) electrons. The molecule has 0 aromatic carbocycles. The van der Waals surface area contributed by atoms with Crippen molar-refractivity contribution in [3.8, 4) is 0 Å². The third-order valence-electron chi connectivity index (χ3n) is 4.05. The van der Waals surface area contributed by atoms with E-state index in [4.69, 9.17) is 15.2 Å². The lowest BCUT2D eigenvalue weighted by molar-refractivity contribution is -0.153. The number of nitrogens with two attached hydrogens (primary N) is 1. The maximum Gasteiger partial charge on any atom is 0.315 e. The molecule has 0 bridgehead atoms. The Labute approximate surface area is 157 Å². The standard InChI is InChI=1S/C18H23N5O4/c1-9(24)26-7-13-10(17(25)27-18(2,3)4)5-12(23-13)11-6-20-15-14(11)21-8-22-16(15)19/h5-6,8,12-13,20,23H,7H2,1-4H3,(H2,19,21,22)/t12-,13-/m0/s1. The van der Waals surface area contributed by atoms with Crippen molar-refractivity contribution in [2.24, 2.45) is 0 Å². The van der Waals surface area contributed by atoms with Crippen LogP contribution >= 0.6 is 0 Å². The molecular formula is C18H23N5O4. The third-order valence-corrected chi connectivity index (χ3v) is 4.05. The van der Waals surface area contributed by atoms with Crippen molar-refractivity contribution >= 4 is 28.8 Å². The SMILES string of the molecule is CC(=O)OC[C@@H]1N[C@H](c2c[nH]c3c(N)ncnc23)[CH][C]1C(=O)OC(C)(C)C. The van der Waals surface area contributed by atoms with Crippen molar-refractivity contribution in [1.82, 2.24) is 20.3 Å². The molecule has 1 saturated heterocycles. The maximum absolute atomic E-state index is 12.6. The molecule has 27 heavy (non-hydrogen) atoms. The molecule has 0 amide bonds. The highest BCUT2D eigenvalue weighted by Crippen LogP contribution is 2.36. The topological polar surface area (TPSA) is 132 Å². The zero-order chi connectivity index (χ0) is 19.8. The van der Waals surface area contributed by atoms with Crippen molar-refractivity contribution in [2.45, 2.75) is 45.4 Å². The first-order valence-corrected chi connectivity index (χ1v) is 8.57. The van der Waals surface area contributed by atoms with E-state index < -0.39 is 23.6 Å². The number of ether oxygens (including phenoxy) is 2. The van der Waals surface area contributed by atoms with Gasteiger partial charge in [-0.05, 0) is 20.8 Å². The average molecular weight is 373 g/mol. The van der Waals surface area contributed by atoms with Crippen LogP contribution in [-0.4, -0.2) is 45.1 Å². The van der Waals surface area contributed by atoms with Gasteiger partial charge in [0.1, 0.15) is 30.0 Å². The normalized spacial score (nSPS) is 20.7. The van der Waals surface area contributed by atoms with Gasteiger partial charge >= 0.3 is 11.9 Å². The first-order valence-electron chi connectivity index (χ1n) is 8.57. The van der Waals surface area contributed by atoms with Crippen LogP contribution in [0.5, 0.6) is 0 Å². The van der Waals surface area contributed by atoms with Crippen molar-refractivity contribution in [1.29, 1.82) is 0 Å². The molecule has 2 atom stereocenters. The van der Waals surface area contributed by atoms with Crippen LogP contribution in [0, 0.1) is 12.3 Å². The number of hydrogen-bond acceptors (Lipinski definition) is 8. The molecule has 4 N–H and O–H groups in total. The number of carbonyl (C=O) groups is 2. The van der Waals surface area contributed by atoms with Gasteiger partial charge in [-0.2, -0.15) is 0 Å². The largest absolute Gasteiger partial charge is 0.464 e. The number of aromatic amines is 1. The Morgan fingerprint density at radius 1 is 1.30 bits per heavy atom. The van der Waals surface area contributed by atoms with Gasteiger partial charge in [-0.15, -0.1) is 0 Å². The van der Waals surface area contributed by atoms with E-state index in [1.165, 1.54) is 13.3 Å². The zero-order valence-corrected chi connectivity index (χ0v) is 15.7. The van der Waals surface area contributed by atoms with Crippen LogP contribution in [0.1, 0.15) is 39.3 Å². The van der Waals surface area contributed by atoms with Gasteiger partial charge in [0.25, 0.3) is 0 Å². The Hall–Kier alpha value is -2.68. The predicted octanol–water partition coefficient (Wildman–Crippen LogP) is 1.24. The summed E-state index contributed by atoms with van der Waals surface area (Å²) in [6.45, 7) is 6.74. The minimum absolute atomic E-state index is 0.0242. The molecule has 3 rings (SSSR count). The number of rotatable bonds is 4. The molecule has 9 heteroatoms. The van der Waals surface area contributed by atoms with E-state index in [9.17, 15) is 9.59 Å². The number of hydrogen-bond donors (Lipinski definition) is 3. The second-order valence-electron chi connectivity index (χ2n) is 7.35. The number of fused-ring (bicyclic) bond motifs is 1. The number of H-pyrrole nitrogens is 1. The van der Waals surface area contributed by atoms with Gasteiger partial charge in [0, 0.05) is 31.1 Å². The summed E-state index contributed by atoms with van der Waals surface area (Å²) < 4.78 is 10.6. The molecule has 0 unspecified atom stereocenters. The first-order chi connectivity index (χ1) is 12.7. The second-order valence-corrected chi connectivity index (χ2v) is 7.35. The fourth-order valence-corrected chi connectivity index (χ4v) is 2.93.